The van der Waals surface area contributed by atoms with Gasteiger partial charge < -0.3 is 9.84 Å². The first-order chi connectivity index (χ1) is 10.5. The van der Waals surface area contributed by atoms with Crippen molar-refractivity contribution in [3.05, 3.63) is 47.5 Å². The van der Waals surface area contributed by atoms with E-state index in [1.54, 1.807) is 0 Å². The van der Waals surface area contributed by atoms with Gasteiger partial charge in [-0.3, -0.25) is 4.79 Å². The monoisotopic (exact) mass is 300 g/mol. The van der Waals surface area contributed by atoms with Crippen molar-refractivity contribution in [1.29, 1.82) is 0 Å². The molecular formula is C19H24O3. The molecule has 1 N–H and O–H groups in total. The van der Waals surface area contributed by atoms with Crippen LogP contribution in [0.3, 0.4) is 0 Å². The number of aliphatic hydroxyl groups excluding tert-OH is 1. The van der Waals surface area contributed by atoms with Crippen molar-refractivity contribution in [2.75, 3.05) is 0 Å². The van der Waals surface area contributed by atoms with Crippen LogP contribution in [0.1, 0.15) is 43.2 Å². The number of benzene rings is 1. The van der Waals surface area contributed by atoms with Crippen LogP contribution in [0.4, 0.5) is 0 Å². The number of hydrogen-bond donors (Lipinski definition) is 1. The van der Waals surface area contributed by atoms with Gasteiger partial charge in [-0.05, 0) is 31.2 Å². The lowest BCUT2D eigenvalue weighted by Crippen LogP contribution is -2.15. The van der Waals surface area contributed by atoms with E-state index in [1.807, 2.05) is 19.1 Å². The summed E-state index contributed by atoms with van der Waals surface area (Å²) < 4.78 is 5.32. The molecule has 0 radical (unpaired) electrons. The van der Waals surface area contributed by atoms with Crippen molar-refractivity contribution in [2.45, 2.75) is 51.2 Å². The first-order valence-corrected chi connectivity index (χ1v) is 8.17. The minimum Gasteiger partial charge on any atom is -0.462 e. The van der Waals surface area contributed by atoms with Crippen molar-refractivity contribution in [2.24, 2.45) is 11.8 Å². The number of hydrogen-bond acceptors (Lipinski definition) is 3. The molecule has 1 saturated heterocycles. The van der Waals surface area contributed by atoms with Crippen LogP contribution >= 0.6 is 0 Å². The molecule has 1 aliphatic carbocycles. The van der Waals surface area contributed by atoms with Crippen LogP contribution in [0.25, 0.3) is 0 Å². The maximum Gasteiger partial charge on any atom is 0.306 e. The highest BCUT2D eigenvalue weighted by Crippen LogP contribution is 2.41. The molecule has 0 bridgehead atoms. The lowest BCUT2D eigenvalue weighted by Gasteiger charge is -2.18. The summed E-state index contributed by atoms with van der Waals surface area (Å²) in [6.45, 7) is 4.11. The van der Waals surface area contributed by atoms with E-state index in [4.69, 9.17) is 4.74 Å². The van der Waals surface area contributed by atoms with Crippen molar-refractivity contribution < 1.29 is 14.6 Å². The van der Waals surface area contributed by atoms with E-state index in [0.29, 0.717) is 18.3 Å². The SMILES string of the molecule is Cc1cccc([C@@H](C)[C@H](O)/C=C/[C@H]2CC[C@@H]3OC(=O)C[C@@H]32)c1. The number of esters is 1. The lowest BCUT2D eigenvalue weighted by atomic mass is 9.90. The van der Waals surface area contributed by atoms with Crippen LogP contribution in [0.2, 0.25) is 0 Å². The molecule has 1 aromatic carbocycles. The highest BCUT2D eigenvalue weighted by atomic mass is 16.5. The smallest absolute Gasteiger partial charge is 0.306 e. The third kappa shape index (κ3) is 3.09. The summed E-state index contributed by atoms with van der Waals surface area (Å²) in [5, 5.41) is 10.4. The molecule has 2 fully saturated rings. The normalized spacial score (nSPS) is 30.3. The summed E-state index contributed by atoms with van der Waals surface area (Å²) in [4.78, 5) is 11.4. The van der Waals surface area contributed by atoms with Crippen LogP contribution < -0.4 is 0 Å². The van der Waals surface area contributed by atoms with Crippen molar-refractivity contribution in [3.63, 3.8) is 0 Å². The van der Waals surface area contributed by atoms with Crippen LogP contribution in [-0.4, -0.2) is 23.3 Å². The summed E-state index contributed by atoms with van der Waals surface area (Å²) in [5.41, 5.74) is 2.36. The second-order valence-electron chi connectivity index (χ2n) is 6.72. The third-order valence-electron chi connectivity index (χ3n) is 5.13. The molecular weight excluding hydrogens is 276 g/mol. The zero-order valence-corrected chi connectivity index (χ0v) is 13.2. The van der Waals surface area contributed by atoms with E-state index in [1.165, 1.54) is 5.56 Å². The number of rotatable bonds is 4. The van der Waals surface area contributed by atoms with E-state index in [-0.39, 0.29) is 18.0 Å². The first-order valence-electron chi connectivity index (χ1n) is 8.17. The highest BCUT2D eigenvalue weighted by molar-refractivity contribution is 5.72. The maximum atomic E-state index is 11.4. The van der Waals surface area contributed by atoms with Gasteiger partial charge in [-0.25, -0.2) is 0 Å². The molecule has 0 amide bonds. The predicted octanol–water partition coefficient (Wildman–Crippen LogP) is 3.36. The Morgan fingerprint density at radius 2 is 2.18 bits per heavy atom. The third-order valence-corrected chi connectivity index (χ3v) is 5.13. The molecule has 1 heterocycles. The number of allylic oxidation sites excluding steroid dienone is 1. The molecule has 5 atom stereocenters. The van der Waals surface area contributed by atoms with Crippen molar-refractivity contribution >= 4 is 5.97 Å². The number of ether oxygens (including phenoxy) is 1. The lowest BCUT2D eigenvalue weighted by molar-refractivity contribution is -0.141. The highest BCUT2D eigenvalue weighted by Gasteiger charge is 2.43. The number of carbonyl (C=O) groups is 1. The average Bonchev–Trinajstić information content (AvgIpc) is 3.03. The van der Waals surface area contributed by atoms with Crippen molar-refractivity contribution in [1.82, 2.24) is 0 Å². The number of carbonyl (C=O) groups excluding carboxylic acids is 1. The van der Waals surface area contributed by atoms with Gasteiger partial charge in [-0.2, -0.15) is 0 Å². The number of aryl methyl sites for hydroxylation is 1. The molecule has 1 aliphatic heterocycles. The standard InChI is InChI=1S/C19H24O3/c1-12-4-3-5-15(10-12)13(2)17(20)8-6-14-7-9-18-16(14)11-19(21)22-18/h3-6,8,10,13-14,16-18,20H,7,9,11H2,1-2H3/b8-6+/t13-,14+,16-,17-,18+/m1/s1. The van der Waals surface area contributed by atoms with Crippen LogP contribution in [0, 0.1) is 18.8 Å². The van der Waals surface area contributed by atoms with E-state index in [2.05, 4.69) is 31.2 Å². The van der Waals surface area contributed by atoms with Gasteiger partial charge in [0.2, 0.25) is 0 Å². The fourth-order valence-corrected chi connectivity index (χ4v) is 3.71. The molecule has 118 valence electrons. The van der Waals surface area contributed by atoms with Gasteiger partial charge >= 0.3 is 5.97 Å². The minimum atomic E-state index is -0.501. The summed E-state index contributed by atoms with van der Waals surface area (Å²) in [6.07, 6.45) is 6.14. The molecule has 1 saturated carbocycles. The molecule has 2 aliphatic rings. The van der Waals surface area contributed by atoms with Gasteiger partial charge in [0, 0.05) is 11.8 Å². The Morgan fingerprint density at radius 1 is 1.36 bits per heavy atom. The summed E-state index contributed by atoms with van der Waals surface area (Å²) in [6, 6.07) is 8.27. The predicted molar refractivity (Wildman–Crippen MR) is 85.5 cm³/mol. The fraction of sp³-hybridized carbons (Fsp3) is 0.526. The number of fused-ring (bicyclic) bond motifs is 1. The topological polar surface area (TPSA) is 46.5 Å². The molecule has 3 nitrogen and oxygen atoms in total. The molecule has 22 heavy (non-hydrogen) atoms. The second kappa shape index (κ2) is 6.25. The Bertz CT molecular complexity index is 578. The molecule has 3 heteroatoms. The van der Waals surface area contributed by atoms with Crippen LogP contribution in [0.5, 0.6) is 0 Å². The van der Waals surface area contributed by atoms with E-state index in [9.17, 15) is 9.90 Å². The Morgan fingerprint density at radius 3 is 2.95 bits per heavy atom. The average molecular weight is 300 g/mol. The molecule has 0 unspecified atom stereocenters. The van der Waals surface area contributed by atoms with E-state index >= 15 is 0 Å². The zero-order valence-electron chi connectivity index (χ0n) is 13.2. The van der Waals surface area contributed by atoms with Crippen LogP contribution in [0.15, 0.2) is 36.4 Å². The van der Waals surface area contributed by atoms with Gasteiger partial charge in [0.15, 0.2) is 0 Å². The van der Waals surface area contributed by atoms with Gasteiger partial charge in [0.25, 0.3) is 0 Å². The molecule has 0 spiro atoms. The Kier molecular flexibility index (Phi) is 4.34. The zero-order chi connectivity index (χ0) is 15.7. The largest absolute Gasteiger partial charge is 0.462 e. The molecule has 3 rings (SSSR count). The summed E-state index contributed by atoms with van der Waals surface area (Å²) in [5.74, 6) is 0.664. The summed E-state index contributed by atoms with van der Waals surface area (Å²) in [7, 11) is 0. The Balaban J connectivity index is 1.63. The fourth-order valence-electron chi connectivity index (χ4n) is 3.71. The van der Waals surface area contributed by atoms with E-state index in [0.717, 1.165) is 18.4 Å². The van der Waals surface area contributed by atoms with Gasteiger partial charge in [-0.1, -0.05) is 48.9 Å². The van der Waals surface area contributed by atoms with Crippen molar-refractivity contribution in [3.8, 4) is 0 Å². The quantitative estimate of drug-likeness (QED) is 0.685. The first kappa shape index (κ1) is 15.3. The van der Waals surface area contributed by atoms with Gasteiger partial charge in [0.05, 0.1) is 12.5 Å². The summed E-state index contributed by atoms with van der Waals surface area (Å²) >= 11 is 0. The maximum absolute atomic E-state index is 11.4. The number of aliphatic hydroxyl groups is 1. The van der Waals surface area contributed by atoms with Gasteiger partial charge in [0.1, 0.15) is 6.10 Å². The van der Waals surface area contributed by atoms with Crippen LogP contribution in [-0.2, 0) is 9.53 Å². The second-order valence-corrected chi connectivity index (χ2v) is 6.72. The Labute approximate surface area is 132 Å². The molecule has 0 aromatic heterocycles. The Hall–Kier alpha value is -1.61. The molecule has 1 aromatic rings. The minimum absolute atomic E-state index is 0.0646. The van der Waals surface area contributed by atoms with E-state index < -0.39 is 6.10 Å². The van der Waals surface area contributed by atoms with Gasteiger partial charge in [-0.15, -0.1) is 0 Å².